The highest BCUT2D eigenvalue weighted by Gasteiger charge is 2.20. The third-order valence-corrected chi connectivity index (χ3v) is 5.24. The number of hydrogen-bond acceptors (Lipinski definition) is 5. The predicted molar refractivity (Wildman–Crippen MR) is 107 cm³/mol. The molecule has 0 saturated carbocycles. The Morgan fingerprint density at radius 1 is 1.14 bits per heavy atom. The highest BCUT2D eigenvalue weighted by Crippen LogP contribution is 2.20. The molecule has 1 aliphatic heterocycles. The zero-order valence-electron chi connectivity index (χ0n) is 15.1. The zero-order chi connectivity index (χ0) is 19.7. The van der Waals surface area contributed by atoms with Crippen LogP contribution in [0.2, 0.25) is 5.15 Å². The number of anilines is 1. The van der Waals surface area contributed by atoms with Gasteiger partial charge in [0, 0.05) is 50.8 Å². The van der Waals surface area contributed by atoms with E-state index in [4.69, 9.17) is 11.6 Å². The fraction of sp³-hybridized carbons (Fsp3) is 0.250. The van der Waals surface area contributed by atoms with Gasteiger partial charge in [-0.05, 0) is 35.9 Å². The maximum Gasteiger partial charge on any atom is 0.341 e. The normalized spacial score (nSPS) is 15.1. The molecule has 0 radical (unpaired) electrons. The Kier molecular flexibility index (Phi) is 5.02. The summed E-state index contributed by atoms with van der Waals surface area (Å²) in [5, 5.41) is 9.86. The van der Waals surface area contributed by atoms with Gasteiger partial charge in [0.1, 0.15) is 10.7 Å². The first kappa shape index (κ1) is 18.5. The van der Waals surface area contributed by atoms with Gasteiger partial charge in [-0.15, -0.1) is 0 Å². The summed E-state index contributed by atoms with van der Waals surface area (Å²) >= 11 is 5.98. The lowest BCUT2D eigenvalue weighted by Crippen LogP contribution is -2.46. The number of piperazine rings is 1. The smallest absolute Gasteiger partial charge is 0.341 e. The lowest BCUT2D eigenvalue weighted by Gasteiger charge is -2.36. The molecule has 1 saturated heterocycles. The molecule has 0 unspecified atom stereocenters. The van der Waals surface area contributed by atoms with E-state index in [1.165, 1.54) is 10.5 Å². The topological polar surface area (TPSA) is 78.2 Å². The number of carbonyl (C=O) groups is 1. The number of aromatic carboxylic acids is 1. The molecule has 0 amide bonds. The Balaban J connectivity index is 1.56. The van der Waals surface area contributed by atoms with Crippen LogP contribution in [0.25, 0.3) is 5.52 Å². The Labute approximate surface area is 166 Å². The minimum Gasteiger partial charge on any atom is -0.477 e. The van der Waals surface area contributed by atoms with Crippen LogP contribution in [0.1, 0.15) is 15.9 Å². The van der Waals surface area contributed by atoms with Crippen LogP contribution in [-0.4, -0.2) is 51.5 Å². The fourth-order valence-electron chi connectivity index (χ4n) is 3.60. The number of pyridine rings is 3. The van der Waals surface area contributed by atoms with Crippen LogP contribution in [0.3, 0.4) is 0 Å². The van der Waals surface area contributed by atoms with Crippen LogP contribution in [0.4, 0.5) is 5.69 Å². The summed E-state index contributed by atoms with van der Waals surface area (Å²) in [4.78, 5) is 32.4. The van der Waals surface area contributed by atoms with Gasteiger partial charge in [0.25, 0.3) is 5.56 Å². The molecule has 0 bridgehead atoms. The molecule has 28 heavy (non-hydrogen) atoms. The van der Waals surface area contributed by atoms with Gasteiger partial charge in [-0.25, -0.2) is 9.78 Å². The van der Waals surface area contributed by atoms with Gasteiger partial charge in [0.2, 0.25) is 0 Å². The van der Waals surface area contributed by atoms with Gasteiger partial charge in [-0.2, -0.15) is 0 Å². The van der Waals surface area contributed by atoms with Crippen LogP contribution < -0.4 is 10.5 Å². The molecule has 3 aromatic heterocycles. The number of rotatable bonds is 4. The second kappa shape index (κ2) is 7.61. The monoisotopic (exact) mass is 398 g/mol. The highest BCUT2D eigenvalue weighted by molar-refractivity contribution is 6.29. The molecular weight excluding hydrogens is 380 g/mol. The SMILES string of the molecule is O=C(O)c1cc(CN2CCN(c3ccnc(Cl)c3)CC2)c2ccccn2c1=O. The van der Waals surface area contributed by atoms with Gasteiger partial charge in [0.15, 0.2) is 0 Å². The second-order valence-electron chi connectivity index (χ2n) is 6.75. The van der Waals surface area contributed by atoms with Crippen LogP contribution in [0.5, 0.6) is 0 Å². The number of aromatic nitrogens is 2. The molecule has 0 atom stereocenters. The van der Waals surface area contributed by atoms with Crippen molar-refractivity contribution >= 4 is 28.8 Å². The maximum absolute atomic E-state index is 12.4. The summed E-state index contributed by atoms with van der Waals surface area (Å²) in [6.45, 7) is 3.88. The van der Waals surface area contributed by atoms with E-state index in [9.17, 15) is 14.7 Å². The average molecular weight is 399 g/mol. The molecule has 4 heterocycles. The van der Waals surface area contributed by atoms with Crippen molar-refractivity contribution in [2.75, 3.05) is 31.1 Å². The van der Waals surface area contributed by atoms with Gasteiger partial charge in [-0.3, -0.25) is 14.1 Å². The fourth-order valence-corrected chi connectivity index (χ4v) is 3.76. The Bertz CT molecular complexity index is 1090. The van der Waals surface area contributed by atoms with Crippen LogP contribution >= 0.6 is 11.6 Å². The number of fused-ring (bicyclic) bond motifs is 1. The number of hydrogen-bond donors (Lipinski definition) is 1. The van der Waals surface area contributed by atoms with Crippen molar-refractivity contribution in [2.24, 2.45) is 0 Å². The average Bonchev–Trinajstić information content (AvgIpc) is 2.70. The van der Waals surface area contributed by atoms with Crippen LogP contribution in [-0.2, 0) is 6.54 Å². The summed E-state index contributed by atoms with van der Waals surface area (Å²) in [5.41, 5.74) is 1.90. The molecule has 0 aromatic carbocycles. The van der Waals surface area contributed by atoms with E-state index < -0.39 is 11.5 Å². The van der Waals surface area contributed by atoms with E-state index in [0.717, 1.165) is 42.9 Å². The second-order valence-corrected chi connectivity index (χ2v) is 7.14. The first-order valence-electron chi connectivity index (χ1n) is 8.98. The molecule has 144 valence electrons. The van der Waals surface area contributed by atoms with Crippen molar-refractivity contribution < 1.29 is 9.90 Å². The van der Waals surface area contributed by atoms with Gasteiger partial charge < -0.3 is 10.0 Å². The van der Waals surface area contributed by atoms with Crippen LogP contribution in [0, 0.1) is 0 Å². The van der Waals surface area contributed by atoms with Crippen molar-refractivity contribution in [1.29, 1.82) is 0 Å². The van der Waals surface area contributed by atoms with E-state index in [2.05, 4.69) is 14.8 Å². The standard InChI is InChI=1S/C20H19ClN4O3/c21-18-12-15(4-5-22-18)24-9-7-23(8-10-24)13-14-11-16(20(27)28)19(26)25-6-2-1-3-17(14)25/h1-6,11-12H,7-10,13H2,(H,27,28). The van der Waals surface area contributed by atoms with Crippen molar-refractivity contribution in [3.8, 4) is 0 Å². The molecule has 3 aromatic rings. The summed E-state index contributed by atoms with van der Waals surface area (Å²) in [6.07, 6.45) is 3.31. The first-order valence-corrected chi connectivity index (χ1v) is 9.36. The van der Waals surface area contributed by atoms with Crippen molar-refractivity contribution in [3.05, 3.63) is 75.4 Å². The molecule has 1 fully saturated rings. The number of carboxylic acids is 1. The number of nitrogens with zero attached hydrogens (tertiary/aromatic N) is 4. The Hall–Kier alpha value is -2.90. The van der Waals surface area contributed by atoms with Crippen molar-refractivity contribution in [1.82, 2.24) is 14.3 Å². The largest absolute Gasteiger partial charge is 0.477 e. The minimum atomic E-state index is -1.20. The Morgan fingerprint density at radius 2 is 1.93 bits per heavy atom. The van der Waals surface area contributed by atoms with Gasteiger partial charge in [0.05, 0.1) is 5.52 Å². The highest BCUT2D eigenvalue weighted by atomic mass is 35.5. The van der Waals surface area contributed by atoms with E-state index in [-0.39, 0.29) is 5.56 Å². The third-order valence-electron chi connectivity index (χ3n) is 5.03. The zero-order valence-corrected chi connectivity index (χ0v) is 15.8. The molecule has 1 N–H and O–H groups in total. The lowest BCUT2D eigenvalue weighted by atomic mass is 10.1. The Morgan fingerprint density at radius 3 is 2.64 bits per heavy atom. The molecule has 0 aliphatic carbocycles. The quantitative estimate of drug-likeness (QED) is 0.680. The molecule has 8 heteroatoms. The molecule has 0 spiro atoms. The van der Waals surface area contributed by atoms with Crippen molar-refractivity contribution in [3.63, 3.8) is 0 Å². The lowest BCUT2D eigenvalue weighted by molar-refractivity contribution is 0.0694. The summed E-state index contributed by atoms with van der Waals surface area (Å²) in [5.74, 6) is -1.20. The van der Waals surface area contributed by atoms with E-state index in [0.29, 0.717) is 11.7 Å². The molecule has 4 rings (SSSR count). The summed E-state index contributed by atoms with van der Waals surface area (Å²) in [6, 6.07) is 10.7. The van der Waals surface area contributed by atoms with Crippen LogP contribution in [0.15, 0.2) is 53.6 Å². The molecule has 1 aliphatic rings. The third kappa shape index (κ3) is 3.58. The molecular formula is C20H19ClN4O3. The summed E-state index contributed by atoms with van der Waals surface area (Å²) in [7, 11) is 0. The van der Waals surface area contributed by atoms with Gasteiger partial charge in [-0.1, -0.05) is 17.7 Å². The predicted octanol–water partition coefficient (Wildman–Crippen LogP) is 2.37. The van der Waals surface area contributed by atoms with E-state index in [1.807, 2.05) is 24.3 Å². The number of carboxylic acid groups (broad SMARTS) is 1. The van der Waals surface area contributed by atoms with Gasteiger partial charge >= 0.3 is 5.97 Å². The maximum atomic E-state index is 12.4. The van der Waals surface area contributed by atoms with Crippen molar-refractivity contribution in [2.45, 2.75) is 6.54 Å². The van der Waals surface area contributed by atoms with E-state index >= 15 is 0 Å². The van der Waals surface area contributed by atoms with E-state index in [1.54, 1.807) is 18.5 Å². The summed E-state index contributed by atoms with van der Waals surface area (Å²) < 4.78 is 1.41. The molecule has 7 nitrogen and oxygen atoms in total. The number of halogens is 1. The minimum absolute atomic E-state index is 0.205. The first-order chi connectivity index (χ1) is 13.5.